The first kappa shape index (κ1) is 15.7. The van der Waals surface area contributed by atoms with Crippen LogP contribution in [0.2, 0.25) is 0 Å². The third kappa shape index (κ3) is 3.59. The first-order chi connectivity index (χ1) is 11.2. The molecule has 1 saturated heterocycles. The molecule has 2 heterocycles. The summed E-state index contributed by atoms with van der Waals surface area (Å²) in [5, 5.41) is 0.597. The van der Waals surface area contributed by atoms with Crippen LogP contribution in [0.3, 0.4) is 0 Å². The van der Waals surface area contributed by atoms with Crippen molar-refractivity contribution in [1.82, 2.24) is 14.9 Å². The van der Waals surface area contributed by atoms with E-state index >= 15 is 0 Å². The number of nitrogens with one attached hydrogen (secondary N) is 1. The molecule has 0 saturated carbocycles. The monoisotopic (exact) mass is 315 g/mol. The number of hydrogen-bond donors (Lipinski definition) is 1. The van der Waals surface area contributed by atoms with Crippen molar-refractivity contribution < 1.29 is 9.53 Å². The average molecular weight is 315 g/mol. The predicted molar refractivity (Wildman–Crippen MR) is 87.0 cm³/mol. The van der Waals surface area contributed by atoms with Gasteiger partial charge in [-0.2, -0.15) is 0 Å². The van der Waals surface area contributed by atoms with Crippen LogP contribution < -0.4 is 5.56 Å². The Kier molecular flexibility index (Phi) is 4.71. The number of para-hydroxylation sites is 1. The number of H-pyrrole nitrogens is 1. The van der Waals surface area contributed by atoms with Crippen LogP contribution in [0, 0.1) is 5.92 Å². The number of hydrogen-bond acceptors (Lipinski definition) is 5. The van der Waals surface area contributed by atoms with Crippen LogP contribution in [0.4, 0.5) is 0 Å². The first-order valence-electron chi connectivity index (χ1n) is 8.04. The summed E-state index contributed by atoms with van der Waals surface area (Å²) in [5.41, 5.74) is 0.578. The molecule has 1 unspecified atom stereocenters. The fourth-order valence-electron chi connectivity index (χ4n) is 3.07. The normalized spacial score (nSPS) is 18.9. The molecule has 0 radical (unpaired) electrons. The minimum absolute atomic E-state index is 0.0871. The number of likely N-dealkylation sites (tertiary alicyclic amines) is 1. The second-order valence-electron chi connectivity index (χ2n) is 5.86. The van der Waals surface area contributed by atoms with Crippen LogP contribution in [0.5, 0.6) is 0 Å². The van der Waals surface area contributed by atoms with Gasteiger partial charge in [-0.25, -0.2) is 4.98 Å². The van der Waals surface area contributed by atoms with E-state index in [1.54, 1.807) is 6.07 Å². The Morgan fingerprint density at radius 2 is 2.26 bits per heavy atom. The zero-order valence-electron chi connectivity index (χ0n) is 13.2. The number of nitrogens with zero attached hydrogens (tertiary/aromatic N) is 2. The number of fused-ring (bicyclic) bond motifs is 1. The molecular weight excluding hydrogens is 294 g/mol. The van der Waals surface area contributed by atoms with E-state index in [0.29, 0.717) is 36.4 Å². The highest BCUT2D eigenvalue weighted by molar-refractivity contribution is 5.77. The van der Waals surface area contributed by atoms with Gasteiger partial charge in [0.1, 0.15) is 5.82 Å². The maximum atomic E-state index is 12.1. The molecule has 1 fully saturated rings. The second-order valence-corrected chi connectivity index (χ2v) is 5.86. The van der Waals surface area contributed by atoms with E-state index in [4.69, 9.17) is 4.74 Å². The summed E-state index contributed by atoms with van der Waals surface area (Å²) in [5.74, 6) is 0.422. The minimum atomic E-state index is -0.128. The van der Waals surface area contributed by atoms with Gasteiger partial charge in [-0.1, -0.05) is 12.1 Å². The van der Waals surface area contributed by atoms with Gasteiger partial charge in [0.2, 0.25) is 0 Å². The molecule has 0 aliphatic carbocycles. The van der Waals surface area contributed by atoms with Crippen molar-refractivity contribution in [3.05, 3.63) is 40.4 Å². The standard InChI is InChI=1S/C17H21N3O3/c1-2-23-17(22)12-6-5-9-20(10-12)11-15-18-14-8-4-3-7-13(14)16(21)19-15/h3-4,7-8,12H,2,5-6,9-11H2,1H3,(H,18,19,21). The zero-order valence-corrected chi connectivity index (χ0v) is 13.2. The lowest BCUT2D eigenvalue weighted by Gasteiger charge is -2.30. The van der Waals surface area contributed by atoms with Gasteiger partial charge >= 0.3 is 5.97 Å². The third-order valence-electron chi connectivity index (χ3n) is 4.16. The molecule has 0 amide bonds. The van der Waals surface area contributed by atoms with Crippen LogP contribution in [0.25, 0.3) is 10.9 Å². The molecule has 1 N–H and O–H groups in total. The molecule has 1 aliphatic rings. The smallest absolute Gasteiger partial charge is 0.310 e. The van der Waals surface area contributed by atoms with Gasteiger partial charge in [-0.15, -0.1) is 0 Å². The summed E-state index contributed by atoms with van der Waals surface area (Å²) >= 11 is 0. The molecule has 6 heteroatoms. The van der Waals surface area contributed by atoms with Crippen molar-refractivity contribution in [2.24, 2.45) is 5.92 Å². The summed E-state index contributed by atoms with van der Waals surface area (Å²) < 4.78 is 5.12. The van der Waals surface area contributed by atoms with Crippen LogP contribution in [0.1, 0.15) is 25.6 Å². The number of piperidine rings is 1. The van der Waals surface area contributed by atoms with E-state index < -0.39 is 0 Å². The molecule has 1 atom stereocenters. The largest absolute Gasteiger partial charge is 0.466 e. The quantitative estimate of drug-likeness (QED) is 0.869. The predicted octanol–water partition coefficient (Wildman–Crippen LogP) is 1.70. The number of rotatable bonds is 4. The molecule has 1 aromatic carbocycles. The number of aromatic nitrogens is 2. The average Bonchev–Trinajstić information content (AvgIpc) is 2.55. The second kappa shape index (κ2) is 6.91. The summed E-state index contributed by atoms with van der Waals surface area (Å²) in [6.45, 7) is 4.31. The van der Waals surface area contributed by atoms with Gasteiger partial charge in [0.15, 0.2) is 0 Å². The minimum Gasteiger partial charge on any atom is -0.466 e. The highest BCUT2D eigenvalue weighted by atomic mass is 16.5. The first-order valence-corrected chi connectivity index (χ1v) is 8.04. The molecule has 1 aromatic heterocycles. The van der Waals surface area contributed by atoms with E-state index in [0.717, 1.165) is 19.4 Å². The number of aromatic amines is 1. The third-order valence-corrected chi connectivity index (χ3v) is 4.16. The number of ether oxygens (including phenoxy) is 1. The van der Waals surface area contributed by atoms with E-state index in [2.05, 4.69) is 14.9 Å². The number of benzene rings is 1. The van der Waals surface area contributed by atoms with Gasteiger partial charge in [-0.3, -0.25) is 14.5 Å². The molecule has 1 aliphatic heterocycles. The Bertz CT molecular complexity index is 756. The fraction of sp³-hybridized carbons (Fsp3) is 0.471. The van der Waals surface area contributed by atoms with Crippen molar-refractivity contribution in [3.63, 3.8) is 0 Å². The fourth-order valence-corrected chi connectivity index (χ4v) is 3.07. The van der Waals surface area contributed by atoms with Crippen LogP contribution in [-0.2, 0) is 16.1 Å². The molecule has 23 heavy (non-hydrogen) atoms. The molecule has 122 valence electrons. The summed E-state index contributed by atoms with van der Waals surface area (Å²) in [6, 6.07) is 7.30. The molecule has 6 nitrogen and oxygen atoms in total. The zero-order chi connectivity index (χ0) is 16.2. The van der Waals surface area contributed by atoms with Crippen LogP contribution in [0.15, 0.2) is 29.1 Å². The number of esters is 1. The topological polar surface area (TPSA) is 75.3 Å². The summed E-state index contributed by atoms with van der Waals surface area (Å²) in [4.78, 5) is 33.5. The highest BCUT2D eigenvalue weighted by Crippen LogP contribution is 2.19. The molecule has 2 aromatic rings. The maximum Gasteiger partial charge on any atom is 0.310 e. The lowest BCUT2D eigenvalue weighted by Crippen LogP contribution is -2.39. The lowest BCUT2D eigenvalue weighted by molar-refractivity contribution is -0.150. The van der Waals surface area contributed by atoms with Gasteiger partial charge in [0.25, 0.3) is 5.56 Å². The molecule has 3 rings (SSSR count). The number of carbonyl (C=O) groups excluding carboxylic acids is 1. The SMILES string of the molecule is CCOC(=O)C1CCCN(Cc2nc3ccccc3c(=O)[nH]2)C1. The Hall–Kier alpha value is -2.21. The lowest BCUT2D eigenvalue weighted by atomic mass is 9.98. The van der Waals surface area contributed by atoms with E-state index in [1.807, 2.05) is 25.1 Å². The summed E-state index contributed by atoms with van der Waals surface area (Å²) in [7, 11) is 0. The van der Waals surface area contributed by atoms with Crippen molar-refractivity contribution >= 4 is 16.9 Å². The highest BCUT2D eigenvalue weighted by Gasteiger charge is 2.27. The molecule has 0 spiro atoms. The van der Waals surface area contributed by atoms with Gasteiger partial charge in [-0.05, 0) is 38.4 Å². The molecule has 0 bridgehead atoms. The van der Waals surface area contributed by atoms with E-state index in [9.17, 15) is 9.59 Å². The van der Waals surface area contributed by atoms with Crippen LogP contribution >= 0.6 is 0 Å². The Morgan fingerprint density at radius 3 is 3.09 bits per heavy atom. The van der Waals surface area contributed by atoms with E-state index in [1.165, 1.54) is 0 Å². The van der Waals surface area contributed by atoms with Gasteiger partial charge in [0, 0.05) is 6.54 Å². The van der Waals surface area contributed by atoms with Crippen molar-refractivity contribution in [3.8, 4) is 0 Å². The Morgan fingerprint density at radius 1 is 1.43 bits per heavy atom. The Balaban J connectivity index is 1.74. The van der Waals surface area contributed by atoms with Gasteiger partial charge < -0.3 is 9.72 Å². The van der Waals surface area contributed by atoms with Crippen molar-refractivity contribution in [2.45, 2.75) is 26.3 Å². The Labute approximate surface area is 134 Å². The maximum absolute atomic E-state index is 12.1. The van der Waals surface area contributed by atoms with E-state index in [-0.39, 0.29) is 17.4 Å². The van der Waals surface area contributed by atoms with Gasteiger partial charge in [0.05, 0.1) is 30.0 Å². The summed E-state index contributed by atoms with van der Waals surface area (Å²) in [6.07, 6.45) is 1.80. The van der Waals surface area contributed by atoms with Crippen molar-refractivity contribution in [2.75, 3.05) is 19.7 Å². The number of carbonyl (C=O) groups is 1. The van der Waals surface area contributed by atoms with Crippen molar-refractivity contribution in [1.29, 1.82) is 0 Å². The molecular formula is C17H21N3O3. The van der Waals surface area contributed by atoms with Crippen LogP contribution in [-0.4, -0.2) is 40.5 Å².